The van der Waals surface area contributed by atoms with Gasteiger partial charge in [-0.25, -0.2) is 4.79 Å². The van der Waals surface area contributed by atoms with Gasteiger partial charge in [-0.2, -0.15) is 0 Å². The average Bonchev–Trinajstić information content (AvgIpc) is 3.14. The smallest absolute Gasteiger partial charge is 0.323 e. The molecule has 0 bridgehead atoms. The van der Waals surface area contributed by atoms with Gasteiger partial charge in [0.15, 0.2) is 11.5 Å². The van der Waals surface area contributed by atoms with Crippen LogP contribution < -0.4 is 15.2 Å². The van der Waals surface area contributed by atoms with Crippen molar-refractivity contribution in [2.75, 3.05) is 33.9 Å². The van der Waals surface area contributed by atoms with Crippen molar-refractivity contribution in [1.29, 1.82) is 0 Å². The molecule has 2 N–H and O–H groups in total. The highest BCUT2D eigenvalue weighted by Gasteiger charge is 2.42. The molecular formula is C19H23N3O5. The molecule has 1 aromatic carbocycles. The van der Waals surface area contributed by atoms with Crippen LogP contribution in [0.2, 0.25) is 0 Å². The number of imidazole rings is 1. The molecule has 8 nitrogen and oxygen atoms in total. The molecule has 144 valence electrons. The monoisotopic (exact) mass is 373 g/mol. The average molecular weight is 373 g/mol. The first-order chi connectivity index (χ1) is 13.1. The van der Waals surface area contributed by atoms with Crippen LogP contribution in [0.4, 0.5) is 0 Å². The second kappa shape index (κ2) is 6.77. The van der Waals surface area contributed by atoms with Crippen LogP contribution in [0.3, 0.4) is 0 Å². The lowest BCUT2D eigenvalue weighted by Crippen LogP contribution is -2.48. The number of rotatable bonds is 3. The SMILES string of the molecule is COc1cc2c(cc1OC)C1(CCN(C(=O)c3c[nH]c(=O)[nH]3)CC1)OCC2. The molecule has 2 aliphatic heterocycles. The zero-order valence-electron chi connectivity index (χ0n) is 15.5. The van der Waals surface area contributed by atoms with Crippen molar-refractivity contribution in [3.63, 3.8) is 0 Å². The number of ether oxygens (including phenoxy) is 3. The highest BCUT2D eigenvalue weighted by molar-refractivity contribution is 5.92. The van der Waals surface area contributed by atoms with Gasteiger partial charge in [-0.05, 0) is 42.5 Å². The number of nitrogens with one attached hydrogen (secondary N) is 2. The van der Waals surface area contributed by atoms with E-state index in [0.29, 0.717) is 38.3 Å². The van der Waals surface area contributed by atoms with Crippen molar-refractivity contribution >= 4 is 5.91 Å². The molecule has 27 heavy (non-hydrogen) atoms. The van der Waals surface area contributed by atoms with Crippen LogP contribution in [0.25, 0.3) is 0 Å². The molecule has 1 amide bonds. The van der Waals surface area contributed by atoms with Crippen molar-refractivity contribution in [3.05, 3.63) is 45.6 Å². The molecule has 1 spiro atoms. The molecule has 1 aromatic heterocycles. The number of benzene rings is 1. The second-order valence-electron chi connectivity index (χ2n) is 6.91. The summed E-state index contributed by atoms with van der Waals surface area (Å²) in [7, 11) is 3.26. The lowest BCUT2D eigenvalue weighted by molar-refractivity contribution is -0.0936. The Morgan fingerprint density at radius 1 is 1.19 bits per heavy atom. The first kappa shape index (κ1) is 17.7. The van der Waals surface area contributed by atoms with Crippen LogP contribution in [0.1, 0.15) is 34.5 Å². The molecule has 2 aliphatic rings. The van der Waals surface area contributed by atoms with E-state index in [2.05, 4.69) is 9.97 Å². The summed E-state index contributed by atoms with van der Waals surface area (Å²) in [6.45, 7) is 1.75. The summed E-state index contributed by atoms with van der Waals surface area (Å²) >= 11 is 0. The quantitative estimate of drug-likeness (QED) is 0.848. The van der Waals surface area contributed by atoms with Crippen LogP contribution >= 0.6 is 0 Å². The van der Waals surface area contributed by atoms with Gasteiger partial charge in [-0.3, -0.25) is 4.79 Å². The number of aromatic nitrogens is 2. The normalized spacial score (nSPS) is 18.2. The third-order valence-corrected chi connectivity index (χ3v) is 5.53. The summed E-state index contributed by atoms with van der Waals surface area (Å²) in [6, 6.07) is 4.04. The van der Waals surface area contributed by atoms with Crippen molar-refractivity contribution < 1.29 is 19.0 Å². The summed E-state index contributed by atoms with van der Waals surface area (Å²) < 4.78 is 17.1. The highest BCUT2D eigenvalue weighted by atomic mass is 16.5. The predicted molar refractivity (Wildman–Crippen MR) is 97.4 cm³/mol. The molecule has 3 heterocycles. The van der Waals surface area contributed by atoms with Crippen LogP contribution in [0, 0.1) is 0 Å². The maximum absolute atomic E-state index is 12.6. The minimum Gasteiger partial charge on any atom is -0.493 e. The van der Waals surface area contributed by atoms with E-state index >= 15 is 0 Å². The molecule has 0 aliphatic carbocycles. The Bertz CT molecular complexity index is 908. The van der Waals surface area contributed by atoms with Gasteiger partial charge in [0.05, 0.1) is 26.4 Å². The fraction of sp³-hybridized carbons (Fsp3) is 0.474. The molecule has 1 saturated heterocycles. The number of carbonyl (C=O) groups is 1. The molecule has 2 aromatic rings. The zero-order valence-corrected chi connectivity index (χ0v) is 15.5. The maximum atomic E-state index is 12.6. The van der Waals surface area contributed by atoms with Gasteiger partial charge in [-0.15, -0.1) is 0 Å². The number of hydrogen-bond acceptors (Lipinski definition) is 5. The van der Waals surface area contributed by atoms with Crippen LogP contribution in [-0.2, 0) is 16.8 Å². The van der Waals surface area contributed by atoms with Gasteiger partial charge in [0.2, 0.25) is 0 Å². The first-order valence-corrected chi connectivity index (χ1v) is 9.02. The second-order valence-corrected chi connectivity index (χ2v) is 6.91. The number of likely N-dealkylation sites (tertiary alicyclic amines) is 1. The summed E-state index contributed by atoms with van der Waals surface area (Å²) in [6.07, 6.45) is 3.62. The third-order valence-electron chi connectivity index (χ3n) is 5.53. The Labute approximate surface area is 156 Å². The number of fused-ring (bicyclic) bond motifs is 2. The molecule has 8 heteroatoms. The van der Waals surface area contributed by atoms with E-state index in [0.717, 1.165) is 17.7 Å². The summed E-state index contributed by atoms with van der Waals surface area (Å²) in [4.78, 5) is 30.6. The fourth-order valence-corrected chi connectivity index (χ4v) is 4.09. The lowest BCUT2D eigenvalue weighted by atomic mass is 9.79. The predicted octanol–water partition coefficient (Wildman–Crippen LogP) is 1.42. The molecule has 0 unspecified atom stereocenters. The standard InChI is InChI=1S/C19H23N3O5/c1-25-15-9-12-3-8-27-19(13(12)10-16(15)26-2)4-6-22(7-5-19)17(23)14-11-20-18(24)21-14/h9-11H,3-8H2,1-2H3,(H2,20,21,24). The molecule has 1 fully saturated rings. The minimum atomic E-state index is -0.421. The highest BCUT2D eigenvalue weighted by Crippen LogP contribution is 2.45. The van der Waals surface area contributed by atoms with Crippen LogP contribution in [-0.4, -0.2) is 54.7 Å². The third kappa shape index (κ3) is 2.99. The molecular weight excluding hydrogens is 350 g/mol. The number of methoxy groups -OCH3 is 2. The molecule has 0 atom stereocenters. The Morgan fingerprint density at radius 3 is 2.52 bits per heavy atom. The van der Waals surface area contributed by atoms with E-state index in [-0.39, 0.29) is 17.3 Å². The Morgan fingerprint density at radius 2 is 1.89 bits per heavy atom. The Kier molecular flexibility index (Phi) is 4.43. The van der Waals surface area contributed by atoms with Gasteiger partial charge >= 0.3 is 5.69 Å². The van der Waals surface area contributed by atoms with Gasteiger partial charge < -0.3 is 29.1 Å². The van der Waals surface area contributed by atoms with Gasteiger partial charge in [-0.1, -0.05) is 0 Å². The van der Waals surface area contributed by atoms with Crippen LogP contribution in [0.15, 0.2) is 23.1 Å². The van der Waals surface area contributed by atoms with E-state index in [1.165, 1.54) is 11.8 Å². The van der Waals surface area contributed by atoms with Crippen molar-refractivity contribution in [3.8, 4) is 11.5 Å². The van der Waals surface area contributed by atoms with E-state index in [1.807, 2.05) is 12.1 Å². The van der Waals surface area contributed by atoms with Crippen molar-refractivity contribution in [2.45, 2.75) is 24.9 Å². The van der Waals surface area contributed by atoms with Gasteiger partial charge in [0, 0.05) is 19.3 Å². The first-order valence-electron chi connectivity index (χ1n) is 9.02. The van der Waals surface area contributed by atoms with E-state index in [9.17, 15) is 9.59 Å². The number of nitrogens with zero attached hydrogens (tertiary/aromatic N) is 1. The Hall–Kier alpha value is -2.74. The van der Waals surface area contributed by atoms with Crippen molar-refractivity contribution in [2.24, 2.45) is 0 Å². The summed E-state index contributed by atoms with van der Waals surface area (Å²) in [5.74, 6) is 1.23. The van der Waals surface area contributed by atoms with Crippen molar-refractivity contribution in [1.82, 2.24) is 14.9 Å². The number of hydrogen-bond donors (Lipinski definition) is 2. The van der Waals surface area contributed by atoms with E-state index in [4.69, 9.17) is 14.2 Å². The number of H-pyrrole nitrogens is 2. The van der Waals surface area contributed by atoms with E-state index in [1.54, 1.807) is 19.1 Å². The summed E-state index contributed by atoms with van der Waals surface area (Å²) in [5.41, 5.74) is 1.81. The Balaban J connectivity index is 1.58. The molecule has 0 radical (unpaired) electrons. The number of piperidine rings is 1. The number of carbonyl (C=O) groups excluding carboxylic acids is 1. The number of aromatic amines is 2. The largest absolute Gasteiger partial charge is 0.493 e. The summed E-state index contributed by atoms with van der Waals surface area (Å²) in [5, 5.41) is 0. The van der Waals surface area contributed by atoms with E-state index < -0.39 is 5.60 Å². The van der Waals surface area contributed by atoms with Gasteiger partial charge in [0.25, 0.3) is 5.91 Å². The molecule has 0 saturated carbocycles. The topological polar surface area (TPSA) is 96.6 Å². The fourth-order valence-electron chi connectivity index (χ4n) is 4.09. The molecule has 4 rings (SSSR count). The maximum Gasteiger partial charge on any atom is 0.323 e. The minimum absolute atomic E-state index is 0.174. The number of amides is 1. The van der Waals surface area contributed by atoms with Crippen LogP contribution in [0.5, 0.6) is 11.5 Å². The zero-order chi connectivity index (χ0) is 19.0. The lowest BCUT2D eigenvalue weighted by Gasteiger charge is -2.45. The van der Waals surface area contributed by atoms with Gasteiger partial charge in [0.1, 0.15) is 5.69 Å².